The number of methoxy groups -OCH3 is 1. The van der Waals surface area contributed by atoms with Gasteiger partial charge in [0.05, 0.1) is 23.7 Å². The first kappa shape index (κ1) is 22.1. The Bertz CT molecular complexity index is 1270. The summed E-state index contributed by atoms with van der Waals surface area (Å²) in [6.07, 6.45) is 0. The third-order valence-corrected chi connectivity index (χ3v) is 5.58. The summed E-state index contributed by atoms with van der Waals surface area (Å²) < 4.78 is 4.68. The standard InChI is InChI=1S/C26H26N4O3/c1-4-30(5-2)21-13-10-17(11-14-21)24-28-22-15-12-20(16-23(22)29-24)27-25(31)18-6-8-19(9-7-18)26(32)33-3/h6-16H,4-5H2,1-3H3,(H,27,31)(H,28,29). The predicted octanol–water partition coefficient (Wildman–Crippen LogP) is 5.12. The predicted molar refractivity (Wildman–Crippen MR) is 131 cm³/mol. The molecule has 1 aromatic heterocycles. The van der Waals surface area contributed by atoms with Crippen LogP contribution in [0.25, 0.3) is 22.4 Å². The van der Waals surface area contributed by atoms with E-state index in [0.29, 0.717) is 16.8 Å². The number of anilines is 2. The van der Waals surface area contributed by atoms with Crippen LogP contribution in [-0.4, -0.2) is 42.0 Å². The number of ether oxygens (including phenoxy) is 1. The number of esters is 1. The second-order valence-electron chi connectivity index (χ2n) is 7.56. The van der Waals surface area contributed by atoms with Crippen molar-refractivity contribution in [3.05, 3.63) is 77.9 Å². The lowest BCUT2D eigenvalue weighted by molar-refractivity contribution is 0.0600. The number of aromatic amines is 1. The van der Waals surface area contributed by atoms with Crippen LogP contribution in [0.15, 0.2) is 66.7 Å². The summed E-state index contributed by atoms with van der Waals surface area (Å²) in [7, 11) is 1.32. The van der Waals surface area contributed by atoms with Crippen LogP contribution in [0.4, 0.5) is 11.4 Å². The molecule has 168 valence electrons. The fourth-order valence-electron chi connectivity index (χ4n) is 3.72. The molecule has 0 aliphatic carbocycles. The molecule has 4 aromatic rings. The van der Waals surface area contributed by atoms with E-state index in [2.05, 4.69) is 63.0 Å². The third-order valence-electron chi connectivity index (χ3n) is 5.58. The molecule has 7 heteroatoms. The molecule has 0 bridgehead atoms. The number of hydrogen-bond donors (Lipinski definition) is 2. The first-order chi connectivity index (χ1) is 16.0. The zero-order valence-electron chi connectivity index (χ0n) is 18.9. The maximum absolute atomic E-state index is 12.6. The van der Waals surface area contributed by atoms with E-state index >= 15 is 0 Å². The Hall–Kier alpha value is -4.13. The molecule has 0 radical (unpaired) electrons. The fraction of sp³-hybridized carbons (Fsp3) is 0.192. The summed E-state index contributed by atoms with van der Waals surface area (Å²) in [5.74, 6) is 0.0700. The normalized spacial score (nSPS) is 10.8. The molecule has 0 aliphatic heterocycles. The molecule has 3 aromatic carbocycles. The van der Waals surface area contributed by atoms with Gasteiger partial charge < -0.3 is 19.9 Å². The van der Waals surface area contributed by atoms with Crippen molar-refractivity contribution >= 4 is 34.3 Å². The Balaban J connectivity index is 1.51. The van der Waals surface area contributed by atoms with Gasteiger partial charge in [0.1, 0.15) is 5.82 Å². The van der Waals surface area contributed by atoms with Gasteiger partial charge in [0, 0.05) is 35.6 Å². The Labute approximate surface area is 192 Å². The number of H-pyrrole nitrogens is 1. The van der Waals surface area contributed by atoms with Crippen LogP contribution in [0.5, 0.6) is 0 Å². The third kappa shape index (κ3) is 4.72. The summed E-state index contributed by atoms with van der Waals surface area (Å²) in [6.45, 7) is 6.21. The number of aromatic nitrogens is 2. The number of nitrogens with zero attached hydrogens (tertiary/aromatic N) is 2. The molecular formula is C26H26N4O3. The molecule has 0 unspecified atom stereocenters. The SMILES string of the molecule is CCN(CC)c1ccc(-c2nc3ccc(NC(=O)c4ccc(C(=O)OC)cc4)cc3[nH]2)cc1. The van der Waals surface area contributed by atoms with E-state index in [1.807, 2.05) is 18.2 Å². The van der Waals surface area contributed by atoms with E-state index in [9.17, 15) is 9.59 Å². The summed E-state index contributed by atoms with van der Waals surface area (Å²) in [4.78, 5) is 34.5. The number of hydrogen-bond acceptors (Lipinski definition) is 5. The first-order valence-corrected chi connectivity index (χ1v) is 10.9. The highest BCUT2D eigenvalue weighted by Crippen LogP contribution is 2.25. The largest absolute Gasteiger partial charge is 0.465 e. The molecule has 1 amide bonds. The quantitative estimate of drug-likeness (QED) is 0.388. The zero-order chi connectivity index (χ0) is 23.4. The smallest absolute Gasteiger partial charge is 0.337 e. The van der Waals surface area contributed by atoms with Crippen LogP contribution >= 0.6 is 0 Å². The van der Waals surface area contributed by atoms with E-state index < -0.39 is 5.97 Å². The number of amides is 1. The summed E-state index contributed by atoms with van der Waals surface area (Å²) in [5.41, 5.74) is 5.32. The van der Waals surface area contributed by atoms with Gasteiger partial charge in [-0.15, -0.1) is 0 Å². The highest BCUT2D eigenvalue weighted by atomic mass is 16.5. The lowest BCUT2D eigenvalue weighted by Crippen LogP contribution is -2.21. The average molecular weight is 443 g/mol. The van der Waals surface area contributed by atoms with Gasteiger partial charge in [-0.2, -0.15) is 0 Å². The summed E-state index contributed by atoms with van der Waals surface area (Å²) in [6, 6.07) is 20.2. The van der Waals surface area contributed by atoms with Crippen molar-refractivity contribution in [3.8, 4) is 11.4 Å². The molecule has 2 N–H and O–H groups in total. The van der Waals surface area contributed by atoms with Gasteiger partial charge in [-0.05, 0) is 80.6 Å². The van der Waals surface area contributed by atoms with Crippen molar-refractivity contribution in [2.24, 2.45) is 0 Å². The van der Waals surface area contributed by atoms with E-state index in [-0.39, 0.29) is 5.91 Å². The monoisotopic (exact) mass is 442 g/mol. The number of carbonyl (C=O) groups excluding carboxylic acids is 2. The number of rotatable bonds is 7. The highest BCUT2D eigenvalue weighted by molar-refractivity contribution is 6.05. The van der Waals surface area contributed by atoms with Gasteiger partial charge in [0.25, 0.3) is 5.91 Å². The highest BCUT2D eigenvalue weighted by Gasteiger charge is 2.11. The Kier molecular flexibility index (Phi) is 6.40. The Morgan fingerprint density at radius 3 is 2.24 bits per heavy atom. The number of nitrogens with one attached hydrogen (secondary N) is 2. The maximum Gasteiger partial charge on any atom is 0.337 e. The molecule has 0 saturated carbocycles. The van der Waals surface area contributed by atoms with E-state index in [4.69, 9.17) is 0 Å². The fourth-order valence-corrected chi connectivity index (χ4v) is 3.72. The van der Waals surface area contributed by atoms with Gasteiger partial charge in [-0.25, -0.2) is 9.78 Å². The Morgan fingerprint density at radius 1 is 0.939 bits per heavy atom. The Morgan fingerprint density at radius 2 is 1.61 bits per heavy atom. The maximum atomic E-state index is 12.6. The van der Waals surface area contributed by atoms with Gasteiger partial charge in [0.2, 0.25) is 0 Å². The van der Waals surface area contributed by atoms with Crippen LogP contribution < -0.4 is 10.2 Å². The first-order valence-electron chi connectivity index (χ1n) is 10.9. The van der Waals surface area contributed by atoms with Gasteiger partial charge in [-0.3, -0.25) is 4.79 Å². The molecule has 1 heterocycles. The second kappa shape index (κ2) is 9.56. The van der Waals surface area contributed by atoms with Gasteiger partial charge >= 0.3 is 5.97 Å². The second-order valence-corrected chi connectivity index (χ2v) is 7.56. The molecular weight excluding hydrogens is 416 g/mol. The van der Waals surface area contributed by atoms with Crippen LogP contribution in [0.3, 0.4) is 0 Å². The average Bonchev–Trinajstić information content (AvgIpc) is 3.28. The number of fused-ring (bicyclic) bond motifs is 1. The van der Waals surface area contributed by atoms with Gasteiger partial charge in [-0.1, -0.05) is 0 Å². The molecule has 0 aliphatic rings. The molecule has 33 heavy (non-hydrogen) atoms. The topological polar surface area (TPSA) is 87.3 Å². The molecule has 4 rings (SSSR count). The van der Waals surface area contributed by atoms with Crippen molar-refractivity contribution in [3.63, 3.8) is 0 Å². The van der Waals surface area contributed by atoms with Crippen LogP contribution in [-0.2, 0) is 4.74 Å². The number of benzene rings is 3. The van der Waals surface area contributed by atoms with E-state index in [1.54, 1.807) is 24.3 Å². The van der Waals surface area contributed by atoms with Crippen LogP contribution in [0.2, 0.25) is 0 Å². The summed E-state index contributed by atoms with van der Waals surface area (Å²) >= 11 is 0. The molecule has 0 atom stereocenters. The van der Waals surface area contributed by atoms with Crippen molar-refractivity contribution in [2.75, 3.05) is 30.4 Å². The molecule has 0 saturated heterocycles. The minimum absolute atomic E-state index is 0.266. The van der Waals surface area contributed by atoms with E-state index in [1.165, 1.54) is 12.8 Å². The lowest BCUT2D eigenvalue weighted by atomic mass is 10.1. The minimum Gasteiger partial charge on any atom is -0.465 e. The van der Waals surface area contributed by atoms with Crippen LogP contribution in [0, 0.1) is 0 Å². The molecule has 0 spiro atoms. The van der Waals surface area contributed by atoms with Crippen LogP contribution in [0.1, 0.15) is 34.6 Å². The van der Waals surface area contributed by atoms with E-state index in [0.717, 1.165) is 35.5 Å². The number of imidazole rings is 1. The van der Waals surface area contributed by atoms with Crippen molar-refractivity contribution in [2.45, 2.75) is 13.8 Å². The summed E-state index contributed by atoms with van der Waals surface area (Å²) in [5, 5.41) is 2.89. The van der Waals surface area contributed by atoms with Gasteiger partial charge in [0.15, 0.2) is 0 Å². The number of carbonyl (C=O) groups is 2. The van der Waals surface area contributed by atoms with Crippen molar-refractivity contribution < 1.29 is 14.3 Å². The molecule has 7 nitrogen and oxygen atoms in total. The van der Waals surface area contributed by atoms with Crippen molar-refractivity contribution in [1.82, 2.24) is 9.97 Å². The lowest BCUT2D eigenvalue weighted by Gasteiger charge is -2.20. The van der Waals surface area contributed by atoms with Crippen molar-refractivity contribution in [1.29, 1.82) is 0 Å². The molecule has 0 fully saturated rings. The minimum atomic E-state index is -0.440. The zero-order valence-corrected chi connectivity index (χ0v) is 18.9.